The monoisotopic (exact) mass is 183 g/mol. The maximum absolute atomic E-state index is 13.0. The highest BCUT2D eigenvalue weighted by atomic mass is 19.1. The molecule has 3 nitrogen and oxygen atoms in total. The van der Waals surface area contributed by atoms with Gasteiger partial charge in [0.2, 0.25) is 0 Å². The van der Waals surface area contributed by atoms with Gasteiger partial charge in [0.15, 0.2) is 0 Å². The largest absolute Gasteiger partial charge is 0.468 e. The third-order valence-electron chi connectivity index (χ3n) is 1.70. The van der Waals surface area contributed by atoms with Crippen LogP contribution in [0.1, 0.15) is 11.6 Å². The van der Waals surface area contributed by atoms with Gasteiger partial charge >= 0.3 is 5.97 Å². The van der Waals surface area contributed by atoms with E-state index in [2.05, 4.69) is 4.74 Å². The van der Waals surface area contributed by atoms with Gasteiger partial charge in [-0.05, 0) is 6.07 Å². The Labute approximate surface area is 75.3 Å². The summed E-state index contributed by atoms with van der Waals surface area (Å²) >= 11 is 0. The number of nitrogens with two attached hydrogens (primary N) is 1. The molecule has 0 fully saturated rings. The highest BCUT2D eigenvalue weighted by Gasteiger charge is 2.18. The van der Waals surface area contributed by atoms with Crippen molar-refractivity contribution in [1.29, 1.82) is 0 Å². The summed E-state index contributed by atoms with van der Waals surface area (Å²) in [5, 5.41) is 0. The second-order valence-corrected chi connectivity index (χ2v) is 2.52. The van der Waals surface area contributed by atoms with E-state index in [1.807, 2.05) is 0 Å². The predicted molar refractivity (Wildman–Crippen MR) is 45.3 cm³/mol. The van der Waals surface area contributed by atoms with Crippen LogP contribution in [-0.2, 0) is 9.53 Å². The van der Waals surface area contributed by atoms with E-state index >= 15 is 0 Å². The molecule has 0 aliphatic carbocycles. The van der Waals surface area contributed by atoms with Crippen molar-refractivity contribution >= 4 is 5.97 Å². The summed E-state index contributed by atoms with van der Waals surface area (Å²) in [5.41, 5.74) is 5.58. The summed E-state index contributed by atoms with van der Waals surface area (Å²) in [5.74, 6) is -1.15. The topological polar surface area (TPSA) is 52.3 Å². The van der Waals surface area contributed by atoms with Crippen LogP contribution in [0, 0.1) is 5.82 Å². The molecule has 0 saturated carbocycles. The number of hydrogen-bond donors (Lipinski definition) is 1. The smallest absolute Gasteiger partial charge is 0.327 e. The zero-order valence-corrected chi connectivity index (χ0v) is 7.16. The molecular weight excluding hydrogens is 173 g/mol. The number of benzene rings is 1. The molecule has 0 aliphatic rings. The molecule has 0 saturated heterocycles. The maximum Gasteiger partial charge on any atom is 0.327 e. The highest BCUT2D eigenvalue weighted by molar-refractivity contribution is 5.77. The first-order valence-corrected chi connectivity index (χ1v) is 3.74. The van der Waals surface area contributed by atoms with Gasteiger partial charge in [0.1, 0.15) is 11.9 Å². The molecule has 1 aromatic carbocycles. The lowest BCUT2D eigenvalue weighted by Crippen LogP contribution is -2.23. The number of esters is 1. The summed E-state index contributed by atoms with van der Waals surface area (Å²) in [7, 11) is 1.21. The molecule has 0 heterocycles. The third-order valence-corrected chi connectivity index (χ3v) is 1.70. The number of ether oxygens (including phenoxy) is 1. The zero-order valence-electron chi connectivity index (χ0n) is 7.16. The van der Waals surface area contributed by atoms with Crippen molar-refractivity contribution in [2.24, 2.45) is 5.73 Å². The van der Waals surface area contributed by atoms with Crippen LogP contribution in [0.5, 0.6) is 0 Å². The average molecular weight is 183 g/mol. The van der Waals surface area contributed by atoms with E-state index in [1.165, 1.54) is 25.3 Å². The van der Waals surface area contributed by atoms with Crippen LogP contribution >= 0.6 is 0 Å². The summed E-state index contributed by atoms with van der Waals surface area (Å²) < 4.78 is 17.4. The number of methoxy groups -OCH3 is 1. The highest BCUT2D eigenvalue weighted by Crippen LogP contribution is 2.15. The molecule has 0 bridgehead atoms. The molecule has 0 aliphatic heterocycles. The summed E-state index contributed by atoms with van der Waals surface area (Å²) in [6.45, 7) is 0. The van der Waals surface area contributed by atoms with Crippen LogP contribution in [0.3, 0.4) is 0 Å². The molecule has 1 rings (SSSR count). The molecular formula is C9H10FNO2. The maximum atomic E-state index is 13.0. The minimum atomic E-state index is -1.05. The van der Waals surface area contributed by atoms with E-state index in [4.69, 9.17) is 5.73 Å². The van der Waals surface area contributed by atoms with Crippen molar-refractivity contribution in [1.82, 2.24) is 0 Å². The fraction of sp³-hybridized carbons (Fsp3) is 0.222. The van der Waals surface area contributed by atoms with Gasteiger partial charge in [-0.3, -0.25) is 4.79 Å². The van der Waals surface area contributed by atoms with E-state index in [0.717, 1.165) is 0 Å². The van der Waals surface area contributed by atoms with Crippen LogP contribution in [0.15, 0.2) is 24.3 Å². The molecule has 0 radical (unpaired) electrons. The van der Waals surface area contributed by atoms with Crippen LogP contribution in [-0.4, -0.2) is 13.1 Å². The summed E-state index contributed by atoms with van der Waals surface area (Å²) in [4.78, 5) is 11.0. The fourth-order valence-electron chi connectivity index (χ4n) is 0.981. The van der Waals surface area contributed by atoms with Gasteiger partial charge in [0, 0.05) is 5.56 Å². The first-order valence-electron chi connectivity index (χ1n) is 3.74. The number of halogens is 1. The van der Waals surface area contributed by atoms with Crippen molar-refractivity contribution in [2.75, 3.05) is 7.11 Å². The molecule has 70 valence electrons. The lowest BCUT2D eigenvalue weighted by atomic mass is 10.1. The predicted octanol–water partition coefficient (Wildman–Crippen LogP) is 0.998. The normalized spacial score (nSPS) is 12.2. The van der Waals surface area contributed by atoms with Gasteiger partial charge in [-0.1, -0.05) is 18.2 Å². The standard InChI is InChI=1S/C9H10FNO2/c1-13-9(12)8(11)6-4-2-3-5-7(6)10/h2-5,8H,11H2,1H3. The van der Waals surface area contributed by atoms with Gasteiger partial charge < -0.3 is 10.5 Å². The van der Waals surface area contributed by atoms with Crippen molar-refractivity contribution in [3.63, 3.8) is 0 Å². The molecule has 4 heteroatoms. The Bertz CT molecular complexity index is 314. The SMILES string of the molecule is COC(=O)C(N)c1ccccc1F. The lowest BCUT2D eigenvalue weighted by molar-refractivity contribution is -0.142. The van der Waals surface area contributed by atoms with Gasteiger partial charge in [-0.25, -0.2) is 4.39 Å². The molecule has 1 unspecified atom stereocenters. The van der Waals surface area contributed by atoms with E-state index < -0.39 is 17.8 Å². The van der Waals surface area contributed by atoms with Gasteiger partial charge in [-0.15, -0.1) is 0 Å². The number of rotatable bonds is 2. The Morgan fingerprint density at radius 2 is 2.15 bits per heavy atom. The Hall–Kier alpha value is -1.42. The number of carbonyl (C=O) groups is 1. The van der Waals surface area contributed by atoms with Crippen molar-refractivity contribution in [3.8, 4) is 0 Å². The van der Waals surface area contributed by atoms with Crippen LogP contribution in [0.25, 0.3) is 0 Å². The Balaban J connectivity index is 2.95. The molecule has 0 aromatic heterocycles. The molecule has 1 atom stereocenters. The van der Waals surface area contributed by atoms with Crippen molar-refractivity contribution in [2.45, 2.75) is 6.04 Å². The van der Waals surface area contributed by atoms with Crippen LogP contribution in [0.2, 0.25) is 0 Å². The van der Waals surface area contributed by atoms with Gasteiger partial charge in [-0.2, -0.15) is 0 Å². The molecule has 0 amide bonds. The Kier molecular flexibility index (Phi) is 2.97. The van der Waals surface area contributed by atoms with E-state index in [1.54, 1.807) is 6.07 Å². The summed E-state index contributed by atoms with van der Waals surface area (Å²) in [6, 6.07) is 4.80. The van der Waals surface area contributed by atoms with Crippen LogP contribution in [0.4, 0.5) is 4.39 Å². The van der Waals surface area contributed by atoms with Crippen molar-refractivity contribution in [3.05, 3.63) is 35.6 Å². The fourth-order valence-corrected chi connectivity index (χ4v) is 0.981. The molecule has 1 aromatic rings. The lowest BCUT2D eigenvalue weighted by Gasteiger charge is -2.09. The first kappa shape index (κ1) is 9.67. The van der Waals surface area contributed by atoms with Gasteiger partial charge in [0.05, 0.1) is 7.11 Å². The van der Waals surface area contributed by atoms with E-state index in [9.17, 15) is 9.18 Å². The van der Waals surface area contributed by atoms with Gasteiger partial charge in [0.25, 0.3) is 0 Å². The number of carbonyl (C=O) groups excluding carboxylic acids is 1. The Morgan fingerprint density at radius 3 is 2.69 bits per heavy atom. The third kappa shape index (κ3) is 2.03. The van der Waals surface area contributed by atoms with E-state index in [0.29, 0.717) is 0 Å². The molecule has 0 spiro atoms. The number of hydrogen-bond acceptors (Lipinski definition) is 3. The minimum absolute atomic E-state index is 0.148. The molecule has 2 N–H and O–H groups in total. The quantitative estimate of drug-likeness (QED) is 0.696. The second kappa shape index (κ2) is 4.00. The first-order chi connectivity index (χ1) is 6.16. The second-order valence-electron chi connectivity index (χ2n) is 2.52. The van der Waals surface area contributed by atoms with Crippen molar-refractivity contribution < 1.29 is 13.9 Å². The minimum Gasteiger partial charge on any atom is -0.468 e. The Morgan fingerprint density at radius 1 is 1.54 bits per heavy atom. The molecule has 13 heavy (non-hydrogen) atoms. The zero-order chi connectivity index (χ0) is 9.84. The average Bonchev–Trinajstić information content (AvgIpc) is 2.16. The summed E-state index contributed by atoms with van der Waals surface area (Å²) in [6.07, 6.45) is 0. The van der Waals surface area contributed by atoms with E-state index in [-0.39, 0.29) is 5.56 Å². The van der Waals surface area contributed by atoms with Crippen LogP contribution < -0.4 is 5.73 Å².